The third-order valence-corrected chi connectivity index (χ3v) is 4.20. The van der Waals surface area contributed by atoms with Gasteiger partial charge >= 0.3 is 6.09 Å². The van der Waals surface area contributed by atoms with Crippen LogP contribution in [0, 0.1) is 17.7 Å². The summed E-state index contributed by atoms with van der Waals surface area (Å²) in [5.41, 5.74) is 0.311. The number of hydrogen-bond donors (Lipinski definition) is 0. The number of carbonyl (C=O) groups is 1. The van der Waals surface area contributed by atoms with Gasteiger partial charge in [-0.05, 0) is 31.5 Å². The van der Waals surface area contributed by atoms with Crippen molar-refractivity contribution in [3.8, 4) is 11.8 Å². The molecule has 0 radical (unpaired) electrons. The molecule has 0 spiro atoms. The Morgan fingerprint density at radius 3 is 2.67 bits per heavy atom. The summed E-state index contributed by atoms with van der Waals surface area (Å²) in [4.78, 5) is 15.6. The van der Waals surface area contributed by atoms with Crippen LogP contribution in [0.2, 0.25) is 5.02 Å². The van der Waals surface area contributed by atoms with Gasteiger partial charge in [0, 0.05) is 31.2 Å². The molecule has 0 saturated carbocycles. The lowest BCUT2D eigenvalue weighted by atomic mass is 10.1. The third kappa shape index (κ3) is 4.86. The maximum absolute atomic E-state index is 13.7. The molecule has 1 unspecified atom stereocenters. The molecular weight excluding hydrogens is 331 g/mol. The average Bonchev–Trinajstić information content (AvgIpc) is 2.59. The van der Waals surface area contributed by atoms with Crippen molar-refractivity contribution in [3.05, 3.63) is 34.6 Å². The summed E-state index contributed by atoms with van der Waals surface area (Å²) < 4.78 is 18.8. The molecule has 1 aliphatic rings. The Morgan fingerprint density at radius 1 is 1.33 bits per heavy atom. The Kier molecular flexibility index (Phi) is 6.89. The third-order valence-electron chi connectivity index (χ3n) is 3.97. The SMILES string of the molecule is CCOC(=O)N1CCN(C(C#Cc2cc(Cl)ccc2F)CC)CC1. The quantitative estimate of drug-likeness (QED) is 0.782. The van der Waals surface area contributed by atoms with Gasteiger partial charge in [-0.2, -0.15) is 0 Å². The summed E-state index contributed by atoms with van der Waals surface area (Å²) in [6.07, 6.45) is 0.562. The fraction of sp³-hybridized carbons (Fsp3) is 0.500. The van der Waals surface area contributed by atoms with Crippen molar-refractivity contribution in [2.24, 2.45) is 0 Å². The van der Waals surface area contributed by atoms with Gasteiger partial charge in [0.2, 0.25) is 0 Å². The van der Waals surface area contributed by atoms with Crippen LogP contribution in [0.15, 0.2) is 18.2 Å². The van der Waals surface area contributed by atoms with E-state index in [-0.39, 0.29) is 18.0 Å². The van der Waals surface area contributed by atoms with Crippen molar-refractivity contribution in [2.75, 3.05) is 32.8 Å². The van der Waals surface area contributed by atoms with Crippen LogP contribution < -0.4 is 0 Å². The fourth-order valence-electron chi connectivity index (χ4n) is 2.64. The highest BCUT2D eigenvalue weighted by atomic mass is 35.5. The van der Waals surface area contributed by atoms with Crippen molar-refractivity contribution < 1.29 is 13.9 Å². The zero-order chi connectivity index (χ0) is 17.5. The molecule has 1 heterocycles. The minimum Gasteiger partial charge on any atom is -0.450 e. The second kappa shape index (κ2) is 8.91. The Bertz CT molecular complexity index is 634. The predicted molar refractivity (Wildman–Crippen MR) is 92.5 cm³/mol. The van der Waals surface area contributed by atoms with E-state index in [9.17, 15) is 9.18 Å². The Balaban J connectivity index is 2.00. The lowest BCUT2D eigenvalue weighted by Gasteiger charge is -2.36. The van der Waals surface area contributed by atoms with E-state index in [0.717, 1.165) is 19.5 Å². The number of benzene rings is 1. The summed E-state index contributed by atoms with van der Waals surface area (Å²) in [6.45, 7) is 6.91. The van der Waals surface area contributed by atoms with Crippen LogP contribution in [0.5, 0.6) is 0 Å². The molecule has 6 heteroatoms. The molecule has 24 heavy (non-hydrogen) atoms. The second-order valence-corrected chi connectivity index (χ2v) is 5.98. The van der Waals surface area contributed by atoms with Crippen LogP contribution >= 0.6 is 11.6 Å². The van der Waals surface area contributed by atoms with Crippen LogP contribution in [-0.4, -0.2) is 54.7 Å². The summed E-state index contributed by atoms with van der Waals surface area (Å²) in [5, 5.41) is 0.469. The monoisotopic (exact) mass is 352 g/mol. The Labute approximate surface area is 147 Å². The smallest absolute Gasteiger partial charge is 0.409 e. The van der Waals surface area contributed by atoms with Gasteiger partial charge in [-0.3, -0.25) is 4.90 Å². The van der Waals surface area contributed by atoms with E-state index in [1.54, 1.807) is 11.8 Å². The molecule has 2 rings (SSSR count). The van der Waals surface area contributed by atoms with Crippen molar-refractivity contribution >= 4 is 17.7 Å². The lowest BCUT2D eigenvalue weighted by Crippen LogP contribution is -2.51. The lowest BCUT2D eigenvalue weighted by molar-refractivity contribution is 0.0731. The van der Waals surface area contributed by atoms with Crippen LogP contribution in [-0.2, 0) is 4.74 Å². The second-order valence-electron chi connectivity index (χ2n) is 5.54. The molecule has 1 aromatic carbocycles. The normalized spacial score (nSPS) is 16.2. The first kappa shape index (κ1) is 18.6. The van der Waals surface area contributed by atoms with E-state index in [0.29, 0.717) is 30.3 Å². The van der Waals surface area contributed by atoms with Crippen LogP contribution in [0.1, 0.15) is 25.8 Å². The number of carbonyl (C=O) groups excluding carboxylic acids is 1. The molecule has 0 N–H and O–H groups in total. The Morgan fingerprint density at radius 2 is 2.04 bits per heavy atom. The zero-order valence-electron chi connectivity index (χ0n) is 14.0. The number of hydrogen-bond acceptors (Lipinski definition) is 3. The maximum atomic E-state index is 13.7. The molecule has 0 aromatic heterocycles. The number of halogens is 2. The molecule has 1 amide bonds. The summed E-state index contributed by atoms with van der Waals surface area (Å²) in [7, 11) is 0. The largest absolute Gasteiger partial charge is 0.450 e. The minimum absolute atomic E-state index is 0.0210. The van der Waals surface area contributed by atoms with E-state index in [2.05, 4.69) is 16.7 Å². The Hall–Kier alpha value is -1.77. The van der Waals surface area contributed by atoms with Gasteiger partial charge in [-0.25, -0.2) is 9.18 Å². The van der Waals surface area contributed by atoms with E-state index in [1.165, 1.54) is 18.2 Å². The first-order valence-electron chi connectivity index (χ1n) is 8.17. The first-order chi connectivity index (χ1) is 11.5. The molecule has 0 bridgehead atoms. The molecule has 4 nitrogen and oxygen atoms in total. The minimum atomic E-state index is -0.367. The van der Waals surface area contributed by atoms with Gasteiger partial charge in [0.15, 0.2) is 0 Å². The molecule has 1 saturated heterocycles. The number of ether oxygens (including phenoxy) is 1. The van der Waals surface area contributed by atoms with Crippen molar-refractivity contribution in [2.45, 2.75) is 26.3 Å². The van der Waals surface area contributed by atoms with Gasteiger partial charge in [-0.1, -0.05) is 30.4 Å². The van der Waals surface area contributed by atoms with Gasteiger partial charge in [-0.15, -0.1) is 0 Å². The molecule has 130 valence electrons. The molecule has 1 fully saturated rings. The molecular formula is C18H22ClFN2O2. The highest BCUT2D eigenvalue weighted by molar-refractivity contribution is 6.30. The molecule has 1 aliphatic heterocycles. The van der Waals surface area contributed by atoms with Gasteiger partial charge in [0.25, 0.3) is 0 Å². The van der Waals surface area contributed by atoms with Crippen LogP contribution in [0.25, 0.3) is 0 Å². The number of amides is 1. The first-order valence-corrected chi connectivity index (χ1v) is 8.55. The highest BCUT2D eigenvalue weighted by Crippen LogP contribution is 2.15. The number of nitrogens with zero attached hydrogens (tertiary/aromatic N) is 2. The van der Waals surface area contributed by atoms with Crippen molar-refractivity contribution in [1.82, 2.24) is 9.80 Å². The number of piperazine rings is 1. The molecule has 1 aromatic rings. The average molecular weight is 353 g/mol. The summed E-state index contributed by atoms with van der Waals surface area (Å²) in [5.74, 6) is 5.67. The van der Waals surface area contributed by atoms with E-state index < -0.39 is 0 Å². The van der Waals surface area contributed by atoms with E-state index >= 15 is 0 Å². The standard InChI is InChI=1S/C18H22ClFN2O2/c1-3-16(7-5-14-13-15(19)6-8-17(14)20)21-9-11-22(12-10-21)18(23)24-4-2/h6,8,13,16H,3-4,9-12H2,1-2H3. The summed E-state index contributed by atoms with van der Waals surface area (Å²) in [6, 6.07) is 4.39. The predicted octanol–water partition coefficient (Wildman–Crippen LogP) is 3.38. The molecule has 0 aliphatic carbocycles. The highest BCUT2D eigenvalue weighted by Gasteiger charge is 2.25. The van der Waals surface area contributed by atoms with Gasteiger partial charge in [0.1, 0.15) is 5.82 Å². The maximum Gasteiger partial charge on any atom is 0.409 e. The van der Waals surface area contributed by atoms with Gasteiger partial charge < -0.3 is 9.64 Å². The topological polar surface area (TPSA) is 32.8 Å². The van der Waals surface area contributed by atoms with Crippen molar-refractivity contribution in [3.63, 3.8) is 0 Å². The molecule has 1 atom stereocenters. The van der Waals surface area contributed by atoms with E-state index in [4.69, 9.17) is 16.3 Å². The van der Waals surface area contributed by atoms with Crippen LogP contribution in [0.4, 0.5) is 9.18 Å². The van der Waals surface area contributed by atoms with E-state index in [1.807, 2.05) is 6.92 Å². The fourth-order valence-corrected chi connectivity index (χ4v) is 2.81. The van der Waals surface area contributed by atoms with Crippen molar-refractivity contribution in [1.29, 1.82) is 0 Å². The summed E-state index contributed by atoms with van der Waals surface area (Å²) >= 11 is 5.89. The number of rotatable bonds is 3. The van der Waals surface area contributed by atoms with Gasteiger partial charge in [0.05, 0.1) is 18.2 Å². The zero-order valence-corrected chi connectivity index (χ0v) is 14.8. The van der Waals surface area contributed by atoms with Crippen LogP contribution in [0.3, 0.4) is 0 Å².